The van der Waals surface area contributed by atoms with E-state index in [2.05, 4.69) is 10.1 Å². The minimum Gasteiger partial charge on any atom is -0.399 e. The van der Waals surface area contributed by atoms with Crippen molar-refractivity contribution in [2.45, 2.75) is 29.4 Å². The summed E-state index contributed by atoms with van der Waals surface area (Å²) in [4.78, 5) is 5.34. The van der Waals surface area contributed by atoms with Crippen LogP contribution >= 0.6 is 23.4 Å². The van der Waals surface area contributed by atoms with Gasteiger partial charge in [-0.2, -0.15) is 4.98 Å². The lowest BCUT2D eigenvalue weighted by Gasteiger charge is -2.02. The van der Waals surface area contributed by atoms with Crippen molar-refractivity contribution >= 4 is 29.1 Å². The molecule has 0 bridgehead atoms. The van der Waals surface area contributed by atoms with Crippen LogP contribution in [0.1, 0.15) is 30.5 Å². The smallest absolute Gasteiger partial charge is 0.229 e. The molecule has 3 rings (SSSR count). The Morgan fingerprint density at radius 2 is 2.28 bits per heavy atom. The molecular weight excluding hydrogens is 270 g/mol. The SMILES string of the molecule is Nc1ccc(SCc2noc(C3CC3)n2)c(Cl)c1. The van der Waals surface area contributed by atoms with Gasteiger partial charge in [0.15, 0.2) is 5.82 Å². The summed E-state index contributed by atoms with van der Waals surface area (Å²) in [6, 6.07) is 5.49. The van der Waals surface area contributed by atoms with Crippen molar-refractivity contribution in [2.24, 2.45) is 0 Å². The van der Waals surface area contributed by atoms with Crippen LogP contribution in [-0.2, 0) is 5.75 Å². The second kappa shape index (κ2) is 4.82. The van der Waals surface area contributed by atoms with Crippen LogP contribution in [0.15, 0.2) is 27.6 Å². The van der Waals surface area contributed by atoms with Crippen LogP contribution in [0.25, 0.3) is 0 Å². The lowest BCUT2D eigenvalue weighted by Crippen LogP contribution is -1.87. The van der Waals surface area contributed by atoms with Crippen LogP contribution in [0.5, 0.6) is 0 Å². The second-order valence-corrected chi connectivity index (χ2v) is 5.73. The normalized spacial score (nSPS) is 14.9. The maximum atomic E-state index is 6.10. The highest BCUT2D eigenvalue weighted by Crippen LogP contribution is 2.39. The number of hydrogen-bond acceptors (Lipinski definition) is 5. The molecule has 1 fully saturated rings. The molecule has 1 aromatic carbocycles. The summed E-state index contributed by atoms with van der Waals surface area (Å²) in [5.41, 5.74) is 6.31. The van der Waals surface area contributed by atoms with Crippen LogP contribution in [0.4, 0.5) is 5.69 Å². The van der Waals surface area contributed by atoms with Gasteiger partial charge in [-0.05, 0) is 31.0 Å². The quantitative estimate of drug-likeness (QED) is 0.686. The number of thioether (sulfide) groups is 1. The number of aromatic nitrogens is 2. The summed E-state index contributed by atoms with van der Waals surface area (Å²) < 4.78 is 5.20. The number of hydrogen-bond donors (Lipinski definition) is 1. The van der Waals surface area contributed by atoms with E-state index in [-0.39, 0.29) is 0 Å². The Kier molecular flexibility index (Phi) is 3.18. The van der Waals surface area contributed by atoms with Crippen LogP contribution in [0.3, 0.4) is 0 Å². The minimum absolute atomic E-state index is 0.497. The molecule has 1 heterocycles. The van der Waals surface area contributed by atoms with E-state index in [9.17, 15) is 0 Å². The van der Waals surface area contributed by atoms with Gasteiger partial charge in [0, 0.05) is 16.5 Å². The van der Waals surface area contributed by atoms with E-state index < -0.39 is 0 Å². The van der Waals surface area contributed by atoms with Gasteiger partial charge in [0.05, 0.1) is 10.8 Å². The summed E-state index contributed by atoms with van der Waals surface area (Å²) in [5.74, 6) is 2.64. The molecule has 1 aliphatic carbocycles. The third kappa shape index (κ3) is 2.62. The molecule has 0 amide bonds. The standard InChI is InChI=1S/C12H12ClN3OS/c13-9-5-8(14)3-4-10(9)18-6-11-15-12(17-16-11)7-1-2-7/h3-5,7H,1-2,6,14H2. The molecule has 6 heteroatoms. The molecule has 1 aromatic heterocycles. The van der Waals surface area contributed by atoms with Gasteiger partial charge in [-0.15, -0.1) is 11.8 Å². The van der Waals surface area contributed by atoms with E-state index in [0.717, 1.165) is 16.6 Å². The summed E-state index contributed by atoms with van der Waals surface area (Å²) >= 11 is 7.68. The highest BCUT2D eigenvalue weighted by atomic mass is 35.5. The predicted molar refractivity (Wildman–Crippen MR) is 71.7 cm³/mol. The minimum atomic E-state index is 0.497. The van der Waals surface area contributed by atoms with Crippen LogP contribution in [0, 0.1) is 0 Å². The molecule has 94 valence electrons. The number of rotatable bonds is 4. The molecule has 0 radical (unpaired) electrons. The van der Waals surface area contributed by atoms with Crippen molar-refractivity contribution in [2.75, 3.05) is 5.73 Å². The number of nitrogens with zero attached hydrogens (tertiary/aromatic N) is 2. The van der Waals surface area contributed by atoms with Crippen molar-refractivity contribution in [3.8, 4) is 0 Å². The number of anilines is 1. The first kappa shape index (κ1) is 11.9. The summed E-state index contributed by atoms with van der Waals surface area (Å²) in [6.45, 7) is 0. The Morgan fingerprint density at radius 3 is 3.00 bits per heavy atom. The first-order chi connectivity index (χ1) is 8.72. The Morgan fingerprint density at radius 1 is 1.44 bits per heavy atom. The zero-order valence-electron chi connectivity index (χ0n) is 9.60. The first-order valence-electron chi connectivity index (χ1n) is 5.72. The molecule has 0 saturated heterocycles. The second-order valence-electron chi connectivity index (χ2n) is 4.30. The van der Waals surface area contributed by atoms with Gasteiger partial charge in [-0.3, -0.25) is 0 Å². The van der Waals surface area contributed by atoms with Crippen LogP contribution in [-0.4, -0.2) is 10.1 Å². The van der Waals surface area contributed by atoms with E-state index in [0.29, 0.717) is 22.4 Å². The van der Waals surface area contributed by atoms with Gasteiger partial charge in [0.1, 0.15) is 0 Å². The van der Waals surface area contributed by atoms with E-state index in [4.69, 9.17) is 21.9 Å². The Hall–Kier alpha value is -1.20. The highest BCUT2D eigenvalue weighted by molar-refractivity contribution is 7.98. The van der Waals surface area contributed by atoms with E-state index >= 15 is 0 Å². The monoisotopic (exact) mass is 281 g/mol. The van der Waals surface area contributed by atoms with Crippen LogP contribution in [0.2, 0.25) is 5.02 Å². The largest absolute Gasteiger partial charge is 0.399 e. The lowest BCUT2D eigenvalue weighted by atomic mass is 10.3. The average molecular weight is 282 g/mol. The maximum Gasteiger partial charge on any atom is 0.229 e. The molecule has 0 spiro atoms. The zero-order chi connectivity index (χ0) is 12.5. The van der Waals surface area contributed by atoms with Gasteiger partial charge in [-0.1, -0.05) is 16.8 Å². The van der Waals surface area contributed by atoms with Crippen molar-refractivity contribution in [1.29, 1.82) is 0 Å². The zero-order valence-corrected chi connectivity index (χ0v) is 11.2. The van der Waals surface area contributed by atoms with Gasteiger partial charge >= 0.3 is 0 Å². The van der Waals surface area contributed by atoms with E-state index in [1.807, 2.05) is 12.1 Å². The summed E-state index contributed by atoms with van der Waals surface area (Å²) in [5, 5.41) is 4.62. The van der Waals surface area contributed by atoms with Crippen molar-refractivity contribution in [3.63, 3.8) is 0 Å². The molecule has 0 unspecified atom stereocenters. The highest BCUT2D eigenvalue weighted by Gasteiger charge is 2.29. The van der Waals surface area contributed by atoms with E-state index in [1.165, 1.54) is 12.8 Å². The fourth-order valence-electron chi connectivity index (χ4n) is 1.60. The average Bonchev–Trinajstić information content (AvgIpc) is 3.08. The number of nitrogen functional groups attached to an aromatic ring is 1. The van der Waals surface area contributed by atoms with Crippen LogP contribution < -0.4 is 5.73 Å². The molecule has 4 nitrogen and oxygen atoms in total. The molecule has 1 aliphatic rings. The van der Waals surface area contributed by atoms with Crippen molar-refractivity contribution < 1.29 is 4.52 Å². The third-order valence-electron chi connectivity index (χ3n) is 2.72. The fourth-order valence-corrected chi connectivity index (χ4v) is 2.71. The molecule has 0 atom stereocenters. The van der Waals surface area contributed by atoms with Gasteiger partial charge < -0.3 is 10.3 Å². The molecule has 2 N–H and O–H groups in total. The van der Waals surface area contributed by atoms with Gasteiger partial charge in [-0.25, -0.2) is 0 Å². The maximum absolute atomic E-state index is 6.10. The molecule has 2 aromatic rings. The third-order valence-corrected chi connectivity index (χ3v) is 4.22. The Balaban J connectivity index is 1.65. The van der Waals surface area contributed by atoms with Crippen molar-refractivity contribution in [1.82, 2.24) is 10.1 Å². The summed E-state index contributed by atoms with van der Waals surface area (Å²) in [7, 11) is 0. The lowest BCUT2D eigenvalue weighted by molar-refractivity contribution is 0.375. The van der Waals surface area contributed by atoms with Gasteiger partial charge in [0.25, 0.3) is 0 Å². The molecule has 1 saturated carbocycles. The number of benzene rings is 1. The topological polar surface area (TPSA) is 64.9 Å². The predicted octanol–water partition coefficient (Wildman–Crippen LogP) is 3.47. The Bertz CT molecular complexity index is 568. The Labute approximate surface area is 114 Å². The number of nitrogens with two attached hydrogens (primary N) is 1. The first-order valence-corrected chi connectivity index (χ1v) is 7.09. The molecular formula is C12H12ClN3OS. The number of halogens is 1. The van der Waals surface area contributed by atoms with Gasteiger partial charge in [0.2, 0.25) is 5.89 Å². The molecule has 0 aliphatic heterocycles. The summed E-state index contributed by atoms with van der Waals surface area (Å²) in [6.07, 6.45) is 2.33. The fraction of sp³-hybridized carbons (Fsp3) is 0.333. The van der Waals surface area contributed by atoms with Crippen molar-refractivity contribution in [3.05, 3.63) is 34.9 Å². The van der Waals surface area contributed by atoms with E-state index in [1.54, 1.807) is 17.8 Å². The molecule has 18 heavy (non-hydrogen) atoms.